The van der Waals surface area contributed by atoms with Crippen molar-refractivity contribution in [2.75, 3.05) is 6.54 Å². The summed E-state index contributed by atoms with van der Waals surface area (Å²) in [6.07, 6.45) is 4.56. The molecule has 0 spiro atoms. The molecule has 0 saturated heterocycles. The van der Waals surface area contributed by atoms with Crippen LogP contribution in [0.25, 0.3) is 11.4 Å². The highest BCUT2D eigenvalue weighted by molar-refractivity contribution is 5.75. The number of benzene rings is 1. The number of hydrogen-bond donors (Lipinski definition) is 1. The lowest BCUT2D eigenvalue weighted by atomic mass is 10.1. The van der Waals surface area contributed by atoms with Gasteiger partial charge >= 0.3 is 0 Å². The normalized spacial score (nSPS) is 15.4. The summed E-state index contributed by atoms with van der Waals surface area (Å²) in [5.74, 6) is 0.777. The van der Waals surface area contributed by atoms with E-state index in [1.165, 1.54) is 12.8 Å². The van der Waals surface area contributed by atoms with Gasteiger partial charge in [0.25, 0.3) is 0 Å². The summed E-state index contributed by atoms with van der Waals surface area (Å²) in [6, 6.07) is 8.35. The summed E-state index contributed by atoms with van der Waals surface area (Å²) < 4.78 is 5.38. The molecule has 122 valence electrons. The number of primary amides is 1. The Morgan fingerprint density at radius 3 is 2.87 bits per heavy atom. The third-order valence-electron chi connectivity index (χ3n) is 4.28. The van der Waals surface area contributed by atoms with Crippen LogP contribution in [0, 0.1) is 6.92 Å². The van der Waals surface area contributed by atoms with E-state index in [9.17, 15) is 4.79 Å². The van der Waals surface area contributed by atoms with Crippen LogP contribution in [0.2, 0.25) is 0 Å². The molecular formula is C17H22N4O2. The first-order valence-electron chi connectivity index (χ1n) is 8.04. The molecule has 1 heterocycles. The molecule has 0 bridgehead atoms. The van der Waals surface area contributed by atoms with Gasteiger partial charge in [-0.2, -0.15) is 4.98 Å². The number of aryl methyl sites for hydroxylation is 1. The van der Waals surface area contributed by atoms with Gasteiger partial charge in [-0.05, 0) is 25.8 Å². The van der Waals surface area contributed by atoms with Crippen LogP contribution in [-0.4, -0.2) is 33.5 Å². The Morgan fingerprint density at radius 2 is 2.17 bits per heavy atom. The van der Waals surface area contributed by atoms with E-state index in [2.05, 4.69) is 15.0 Å². The van der Waals surface area contributed by atoms with Crippen LogP contribution in [0.4, 0.5) is 0 Å². The van der Waals surface area contributed by atoms with Crippen molar-refractivity contribution in [3.63, 3.8) is 0 Å². The molecule has 0 unspecified atom stereocenters. The van der Waals surface area contributed by atoms with E-state index in [-0.39, 0.29) is 12.5 Å². The van der Waals surface area contributed by atoms with Crippen molar-refractivity contribution in [3.05, 3.63) is 35.7 Å². The molecule has 2 aromatic rings. The van der Waals surface area contributed by atoms with Crippen molar-refractivity contribution < 1.29 is 9.32 Å². The van der Waals surface area contributed by atoms with Crippen molar-refractivity contribution in [1.82, 2.24) is 15.0 Å². The van der Waals surface area contributed by atoms with Crippen molar-refractivity contribution in [2.45, 2.75) is 45.2 Å². The Hall–Kier alpha value is -2.21. The van der Waals surface area contributed by atoms with Crippen LogP contribution in [0.1, 0.15) is 37.1 Å². The number of carbonyl (C=O) groups is 1. The predicted molar refractivity (Wildman–Crippen MR) is 86.3 cm³/mol. The van der Waals surface area contributed by atoms with Crippen LogP contribution < -0.4 is 5.73 Å². The van der Waals surface area contributed by atoms with Gasteiger partial charge in [0.2, 0.25) is 17.6 Å². The zero-order valence-electron chi connectivity index (χ0n) is 13.4. The topological polar surface area (TPSA) is 85.3 Å². The molecule has 1 aromatic heterocycles. The van der Waals surface area contributed by atoms with E-state index < -0.39 is 0 Å². The minimum Gasteiger partial charge on any atom is -0.369 e. The number of amides is 1. The number of carbonyl (C=O) groups excluding carboxylic acids is 1. The van der Waals surface area contributed by atoms with Gasteiger partial charge in [0.1, 0.15) is 0 Å². The second-order valence-corrected chi connectivity index (χ2v) is 6.19. The number of rotatable bonds is 6. The van der Waals surface area contributed by atoms with Crippen LogP contribution in [0.5, 0.6) is 0 Å². The highest BCUT2D eigenvalue weighted by Gasteiger charge is 2.25. The average Bonchev–Trinajstić information content (AvgIpc) is 3.18. The SMILES string of the molecule is Cc1cccc(-c2noc(CN(CC(N)=O)C3CCCC3)n2)c1. The highest BCUT2D eigenvalue weighted by Crippen LogP contribution is 2.25. The molecule has 1 saturated carbocycles. The molecule has 1 fully saturated rings. The first-order chi connectivity index (χ1) is 11.1. The smallest absolute Gasteiger partial charge is 0.241 e. The van der Waals surface area contributed by atoms with E-state index in [0.717, 1.165) is 24.0 Å². The average molecular weight is 314 g/mol. The fourth-order valence-electron chi connectivity index (χ4n) is 3.18. The van der Waals surface area contributed by atoms with E-state index in [1.807, 2.05) is 31.2 Å². The van der Waals surface area contributed by atoms with Gasteiger partial charge in [0.05, 0.1) is 13.1 Å². The second kappa shape index (κ2) is 6.91. The monoisotopic (exact) mass is 314 g/mol. The molecule has 6 heteroatoms. The summed E-state index contributed by atoms with van der Waals surface area (Å²) in [5.41, 5.74) is 7.46. The molecule has 2 N–H and O–H groups in total. The number of aromatic nitrogens is 2. The largest absolute Gasteiger partial charge is 0.369 e. The van der Waals surface area contributed by atoms with E-state index >= 15 is 0 Å². The third-order valence-corrected chi connectivity index (χ3v) is 4.28. The van der Waals surface area contributed by atoms with Crippen LogP contribution in [0.15, 0.2) is 28.8 Å². The maximum atomic E-state index is 11.3. The number of nitrogens with two attached hydrogens (primary N) is 1. The fraction of sp³-hybridized carbons (Fsp3) is 0.471. The van der Waals surface area contributed by atoms with Crippen molar-refractivity contribution in [2.24, 2.45) is 5.73 Å². The standard InChI is InChI=1S/C17H22N4O2/c1-12-5-4-6-13(9-12)17-19-16(23-20-17)11-21(10-15(18)22)14-7-2-3-8-14/h4-6,9,14H,2-3,7-8,10-11H2,1H3,(H2,18,22). The molecule has 1 aliphatic carbocycles. The molecule has 1 aliphatic rings. The van der Waals surface area contributed by atoms with Gasteiger partial charge in [-0.3, -0.25) is 9.69 Å². The predicted octanol–water partition coefficient (Wildman–Crippen LogP) is 2.27. The summed E-state index contributed by atoms with van der Waals surface area (Å²) in [7, 11) is 0. The first kappa shape index (κ1) is 15.7. The summed E-state index contributed by atoms with van der Waals surface area (Å²) in [5, 5.41) is 4.06. The molecule has 0 radical (unpaired) electrons. The maximum absolute atomic E-state index is 11.3. The molecule has 0 atom stereocenters. The molecule has 1 amide bonds. The molecular weight excluding hydrogens is 292 g/mol. The van der Waals surface area contributed by atoms with Crippen LogP contribution >= 0.6 is 0 Å². The second-order valence-electron chi connectivity index (χ2n) is 6.19. The fourth-order valence-corrected chi connectivity index (χ4v) is 3.18. The van der Waals surface area contributed by atoms with Gasteiger partial charge in [-0.15, -0.1) is 0 Å². The zero-order chi connectivity index (χ0) is 16.2. The van der Waals surface area contributed by atoms with Crippen molar-refractivity contribution in [1.29, 1.82) is 0 Å². The minimum atomic E-state index is -0.324. The lowest BCUT2D eigenvalue weighted by Gasteiger charge is -2.25. The molecule has 3 rings (SSSR count). The number of nitrogens with zero attached hydrogens (tertiary/aromatic N) is 3. The summed E-state index contributed by atoms with van der Waals surface area (Å²) in [6.45, 7) is 2.72. The van der Waals surface area contributed by atoms with E-state index in [0.29, 0.717) is 24.3 Å². The van der Waals surface area contributed by atoms with Gasteiger partial charge in [0, 0.05) is 11.6 Å². The maximum Gasteiger partial charge on any atom is 0.241 e. The molecule has 0 aliphatic heterocycles. The van der Waals surface area contributed by atoms with Crippen LogP contribution in [-0.2, 0) is 11.3 Å². The Kier molecular flexibility index (Phi) is 4.71. The first-order valence-corrected chi connectivity index (χ1v) is 8.04. The lowest BCUT2D eigenvalue weighted by Crippen LogP contribution is -2.39. The molecule has 23 heavy (non-hydrogen) atoms. The molecule has 6 nitrogen and oxygen atoms in total. The number of hydrogen-bond acceptors (Lipinski definition) is 5. The minimum absolute atomic E-state index is 0.229. The lowest BCUT2D eigenvalue weighted by molar-refractivity contribution is -0.119. The van der Waals surface area contributed by atoms with Gasteiger partial charge < -0.3 is 10.3 Å². The third kappa shape index (κ3) is 3.96. The Morgan fingerprint density at radius 1 is 1.39 bits per heavy atom. The van der Waals surface area contributed by atoms with E-state index in [4.69, 9.17) is 10.3 Å². The van der Waals surface area contributed by atoms with Gasteiger partial charge in [0.15, 0.2) is 0 Å². The zero-order valence-corrected chi connectivity index (χ0v) is 13.4. The Labute approximate surface area is 135 Å². The van der Waals surface area contributed by atoms with Crippen molar-refractivity contribution in [3.8, 4) is 11.4 Å². The molecule has 1 aromatic carbocycles. The Bertz CT molecular complexity index is 677. The quantitative estimate of drug-likeness (QED) is 0.884. The summed E-state index contributed by atoms with van der Waals surface area (Å²) >= 11 is 0. The highest BCUT2D eigenvalue weighted by atomic mass is 16.5. The van der Waals surface area contributed by atoms with Gasteiger partial charge in [-0.1, -0.05) is 41.8 Å². The van der Waals surface area contributed by atoms with Crippen molar-refractivity contribution >= 4 is 5.91 Å². The van der Waals surface area contributed by atoms with Crippen LogP contribution in [0.3, 0.4) is 0 Å². The summed E-state index contributed by atoms with van der Waals surface area (Å²) in [4.78, 5) is 17.9. The Balaban J connectivity index is 1.74. The van der Waals surface area contributed by atoms with E-state index in [1.54, 1.807) is 0 Å². The van der Waals surface area contributed by atoms with Gasteiger partial charge in [-0.25, -0.2) is 0 Å².